The molecule has 2 atom stereocenters. The summed E-state index contributed by atoms with van der Waals surface area (Å²) in [6, 6.07) is 9.57. The Hall–Kier alpha value is -1.62. The molecule has 1 heterocycles. The third-order valence-corrected chi connectivity index (χ3v) is 5.23. The number of nitrogens with one attached hydrogen (secondary N) is 1. The molecule has 1 N–H and O–H groups in total. The van der Waals surface area contributed by atoms with Crippen LogP contribution in [0.15, 0.2) is 35.3 Å². The van der Waals surface area contributed by atoms with E-state index in [0.717, 1.165) is 31.2 Å². The van der Waals surface area contributed by atoms with Gasteiger partial charge in [-0.1, -0.05) is 54.9 Å². The van der Waals surface area contributed by atoms with Crippen LogP contribution in [0.4, 0.5) is 0 Å². The summed E-state index contributed by atoms with van der Waals surface area (Å²) in [7, 11) is 0. The number of carbonyl (C=O) groups is 2. The summed E-state index contributed by atoms with van der Waals surface area (Å²) in [5.41, 5.74) is 0.957. The summed E-state index contributed by atoms with van der Waals surface area (Å²) in [5.74, 6) is -0.124. The molecule has 2 aliphatic rings. The molecule has 1 fully saturated rings. The van der Waals surface area contributed by atoms with Gasteiger partial charge in [0.15, 0.2) is 5.17 Å². The molecule has 5 heteroatoms. The minimum absolute atomic E-state index is 0.0542. The molecule has 2 unspecified atom stereocenters. The van der Waals surface area contributed by atoms with Gasteiger partial charge in [-0.15, -0.1) is 0 Å². The van der Waals surface area contributed by atoms with Crippen molar-refractivity contribution in [2.24, 2.45) is 10.9 Å². The average molecular weight is 302 g/mol. The van der Waals surface area contributed by atoms with Gasteiger partial charge in [-0.25, -0.2) is 0 Å². The van der Waals surface area contributed by atoms with Gasteiger partial charge in [0.25, 0.3) is 5.91 Å². The monoisotopic (exact) mass is 302 g/mol. The topological polar surface area (TPSA) is 58.5 Å². The van der Waals surface area contributed by atoms with Crippen LogP contribution in [0, 0.1) is 5.92 Å². The molecule has 3 rings (SSSR count). The number of benzene rings is 1. The van der Waals surface area contributed by atoms with Gasteiger partial charge in [0.05, 0.1) is 12.3 Å². The van der Waals surface area contributed by atoms with E-state index in [4.69, 9.17) is 0 Å². The number of hydrogen-bond acceptors (Lipinski definition) is 3. The molecule has 0 spiro atoms. The van der Waals surface area contributed by atoms with Crippen molar-refractivity contribution in [1.82, 2.24) is 5.32 Å². The zero-order valence-corrected chi connectivity index (χ0v) is 12.6. The second-order valence-electron chi connectivity index (χ2n) is 5.51. The van der Waals surface area contributed by atoms with Gasteiger partial charge in [-0.3, -0.25) is 9.59 Å². The molecule has 0 saturated heterocycles. The fraction of sp³-hybridized carbons (Fsp3) is 0.438. The fourth-order valence-corrected chi connectivity index (χ4v) is 4.18. The Kier molecular flexibility index (Phi) is 4.39. The molecule has 1 aromatic rings. The van der Waals surface area contributed by atoms with Crippen molar-refractivity contribution in [2.45, 2.75) is 37.4 Å². The Morgan fingerprint density at radius 2 is 2.00 bits per heavy atom. The lowest BCUT2D eigenvalue weighted by Gasteiger charge is -2.32. The number of hydrogen-bond donors (Lipinski definition) is 1. The van der Waals surface area contributed by atoms with Gasteiger partial charge >= 0.3 is 0 Å². The Morgan fingerprint density at radius 1 is 1.24 bits per heavy atom. The first-order valence-electron chi connectivity index (χ1n) is 7.35. The number of fused-ring (bicyclic) bond motifs is 1. The van der Waals surface area contributed by atoms with Gasteiger partial charge < -0.3 is 5.32 Å². The lowest BCUT2D eigenvalue weighted by molar-refractivity contribution is -0.122. The average Bonchev–Trinajstić information content (AvgIpc) is 2.48. The van der Waals surface area contributed by atoms with E-state index in [9.17, 15) is 9.59 Å². The molecule has 21 heavy (non-hydrogen) atoms. The van der Waals surface area contributed by atoms with Gasteiger partial charge in [0, 0.05) is 5.25 Å². The zero-order chi connectivity index (χ0) is 14.7. The van der Waals surface area contributed by atoms with Gasteiger partial charge in [-0.2, -0.15) is 4.99 Å². The second-order valence-corrected chi connectivity index (χ2v) is 6.74. The second kappa shape index (κ2) is 6.43. The molecule has 0 radical (unpaired) electrons. The van der Waals surface area contributed by atoms with Crippen LogP contribution in [0.1, 0.15) is 31.2 Å². The maximum absolute atomic E-state index is 12.0. The third kappa shape index (κ3) is 3.53. The predicted octanol–water partition coefficient (Wildman–Crippen LogP) is 2.53. The summed E-state index contributed by atoms with van der Waals surface area (Å²) in [6.45, 7) is 0. The highest BCUT2D eigenvalue weighted by atomic mass is 32.2. The normalized spacial score (nSPS) is 25.0. The van der Waals surface area contributed by atoms with E-state index in [1.54, 1.807) is 11.8 Å². The standard InChI is InChI=1S/C16H18N2O2S/c19-14(10-11-6-2-1-3-7-11)17-16-18-15(20)12-8-4-5-9-13(12)21-16/h1-3,6-7,12-13H,4-5,8-10H2,(H,17,18,19,20). The quantitative estimate of drug-likeness (QED) is 0.913. The van der Waals surface area contributed by atoms with E-state index in [2.05, 4.69) is 10.3 Å². The minimum Gasteiger partial charge on any atom is -0.305 e. The molecular weight excluding hydrogens is 284 g/mol. The number of carbonyl (C=O) groups excluding carboxylic acids is 2. The largest absolute Gasteiger partial charge is 0.305 e. The van der Waals surface area contributed by atoms with Crippen molar-refractivity contribution in [1.29, 1.82) is 0 Å². The first-order valence-corrected chi connectivity index (χ1v) is 8.23. The highest BCUT2D eigenvalue weighted by molar-refractivity contribution is 8.14. The van der Waals surface area contributed by atoms with Crippen LogP contribution in [0.5, 0.6) is 0 Å². The van der Waals surface area contributed by atoms with Crippen molar-refractivity contribution in [3.05, 3.63) is 35.9 Å². The predicted molar refractivity (Wildman–Crippen MR) is 84.1 cm³/mol. The van der Waals surface area contributed by atoms with Crippen LogP contribution in [-0.2, 0) is 16.0 Å². The number of rotatable bonds is 2. The molecule has 1 aliphatic heterocycles. The SMILES string of the molecule is O=C(Cc1ccccc1)NC1=NC(=O)C2CCCCC2S1. The molecule has 0 bridgehead atoms. The summed E-state index contributed by atoms with van der Waals surface area (Å²) in [4.78, 5) is 28.1. The smallest absolute Gasteiger partial charge is 0.252 e. The Labute approximate surface area is 128 Å². The van der Waals surface area contributed by atoms with Crippen LogP contribution in [0.2, 0.25) is 0 Å². The van der Waals surface area contributed by atoms with Crippen LogP contribution < -0.4 is 5.32 Å². The number of aliphatic imine (C=N–C) groups is 1. The number of amidine groups is 1. The highest BCUT2D eigenvalue weighted by Crippen LogP contribution is 2.37. The van der Waals surface area contributed by atoms with E-state index >= 15 is 0 Å². The maximum atomic E-state index is 12.0. The maximum Gasteiger partial charge on any atom is 0.252 e. The van der Waals surface area contributed by atoms with E-state index in [-0.39, 0.29) is 23.0 Å². The van der Waals surface area contributed by atoms with Crippen LogP contribution in [0.3, 0.4) is 0 Å². The molecule has 1 saturated carbocycles. The summed E-state index contributed by atoms with van der Waals surface area (Å²) in [5, 5.41) is 3.55. The van der Waals surface area contributed by atoms with Crippen molar-refractivity contribution in [3.63, 3.8) is 0 Å². The number of thioether (sulfide) groups is 1. The van der Waals surface area contributed by atoms with E-state index in [0.29, 0.717) is 11.6 Å². The van der Waals surface area contributed by atoms with Gasteiger partial charge in [0.2, 0.25) is 5.91 Å². The van der Waals surface area contributed by atoms with Crippen molar-refractivity contribution >= 4 is 28.7 Å². The van der Waals surface area contributed by atoms with Crippen molar-refractivity contribution in [3.8, 4) is 0 Å². The molecular formula is C16H18N2O2S. The van der Waals surface area contributed by atoms with Crippen LogP contribution in [-0.4, -0.2) is 22.2 Å². The van der Waals surface area contributed by atoms with Crippen molar-refractivity contribution in [2.75, 3.05) is 0 Å². The number of nitrogens with zero attached hydrogens (tertiary/aromatic N) is 1. The summed E-state index contributed by atoms with van der Waals surface area (Å²) < 4.78 is 0. The molecule has 4 nitrogen and oxygen atoms in total. The first kappa shape index (κ1) is 14.3. The summed E-state index contributed by atoms with van der Waals surface area (Å²) >= 11 is 1.56. The number of amides is 2. The van der Waals surface area contributed by atoms with Crippen LogP contribution >= 0.6 is 11.8 Å². The molecule has 1 aromatic carbocycles. The van der Waals surface area contributed by atoms with E-state index in [1.165, 1.54) is 0 Å². The fourth-order valence-electron chi connectivity index (χ4n) is 2.88. The summed E-state index contributed by atoms with van der Waals surface area (Å²) in [6.07, 6.45) is 4.55. The van der Waals surface area contributed by atoms with Gasteiger partial charge in [0.1, 0.15) is 0 Å². The van der Waals surface area contributed by atoms with Gasteiger partial charge in [-0.05, 0) is 18.4 Å². The van der Waals surface area contributed by atoms with E-state index < -0.39 is 0 Å². The minimum atomic E-state index is -0.116. The Bertz CT molecular complexity index is 571. The van der Waals surface area contributed by atoms with Crippen LogP contribution in [0.25, 0.3) is 0 Å². The van der Waals surface area contributed by atoms with Crippen molar-refractivity contribution < 1.29 is 9.59 Å². The first-order chi connectivity index (χ1) is 10.2. The Balaban J connectivity index is 1.62. The molecule has 110 valence electrons. The van der Waals surface area contributed by atoms with E-state index in [1.807, 2.05) is 30.3 Å². The Morgan fingerprint density at radius 3 is 2.81 bits per heavy atom. The molecule has 2 amide bonds. The lowest BCUT2D eigenvalue weighted by atomic mass is 9.88. The molecule has 0 aromatic heterocycles. The highest BCUT2D eigenvalue weighted by Gasteiger charge is 2.36. The molecule has 1 aliphatic carbocycles. The lowest BCUT2D eigenvalue weighted by Crippen LogP contribution is -2.39. The third-order valence-electron chi connectivity index (χ3n) is 3.95. The zero-order valence-electron chi connectivity index (χ0n) is 11.7.